The maximum absolute atomic E-state index is 11.5. The summed E-state index contributed by atoms with van der Waals surface area (Å²) >= 11 is 0. The molecule has 0 aliphatic rings. The van der Waals surface area contributed by atoms with Crippen LogP contribution in [0.25, 0.3) is 11.0 Å². The molecule has 0 bridgehead atoms. The minimum atomic E-state index is -1.16. The minimum absolute atomic E-state index is 0.0346. The molecule has 0 saturated carbocycles. The number of hydrogen-bond acceptors (Lipinski definition) is 6. The van der Waals surface area contributed by atoms with E-state index in [2.05, 4.69) is 30.7 Å². The number of carboxylic acids is 1. The van der Waals surface area contributed by atoms with Crippen LogP contribution < -0.4 is 11.0 Å². The van der Waals surface area contributed by atoms with Crippen molar-refractivity contribution in [2.75, 3.05) is 5.43 Å². The van der Waals surface area contributed by atoms with Crippen LogP contribution in [0.1, 0.15) is 6.92 Å². The number of hydrogen-bond donors (Lipinski definition) is 4. The van der Waals surface area contributed by atoms with E-state index in [-0.39, 0.29) is 11.7 Å². The number of aromatic amines is 2. The fraction of sp³-hybridized carbons (Fsp3) is 0.125. The van der Waals surface area contributed by atoms with Crippen LogP contribution in [0, 0.1) is 0 Å². The van der Waals surface area contributed by atoms with Crippen molar-refractivity contribution in [1.29, 1.82) is 0 Å². The zero-order chi connectivity index (χ0) is 12.4. The van der Waals surface area contributed by atoms with Crippen molar-refractivity contribution in [2.45, 2.75) is 6.92 Å². The molecule has 9 nitrogen and oxygen atoms in total. The second-order valence-corrected chi connectivity index (χ2v) is 3.16. The summed E-state index contributed by atoms with van der Waals surface area (Å²) in [4.78, 5) is 28.3. The molecule has 0 aliphatic heterocycles. The Morgan fingerprint density at radius 2 is 2.35 bits per heavy atom. The van der Waals surface area contributed by atoms with Crippen molar-refractivity contribution in [3.8, 4) is 0 Å². The van der Waals surface area contributed by atoms with Crippen molar-refractivity contribution in [3.05, 3.63) is 16.6 Å². The van der Waals surface area contributed by atoms with Gasteiger partial charge in [-0.2, -0.15) is 15.2 Å². The predicted octanol–water partition coefficient (Wildman–Crippen LogP) is -0.481. The molecular weight excluding hydrogens is 228 g/mol. The van der Waals surface area contributed by atoms with E-state index in [9.17, 15) is 9.59 Å². The second kappa shape index (κ2) is 4.04. The fourth-order valence-corrected chi connectivity index (χ4v) is 1.08. The molecule has 0 saturated heterocycles. The molecule has 2 rings (SSSR count). The highest BCUT2D eigenvalue weighted by Gasteiger charge is 2.05. The Morgan fingerprint density at radius 3 is 3.06 bits per heavy atom. The molecule has 88 valence electrons. The third-order valence-electron chi connectivity index (χ3n) is 1.96. The molecule has 4 N–H and O–H groups in total. The molecule has 0 aromatic carbocycles. The Hall–Kier alpha value is -2.71. The van der Waals surface area contributed by atoms with Crippen LogP contribution in [0.3, 0.4) is 0 Å². The van der Waals surface area contributed by atoms with E-state index >= 15 is 0 Å². The Balaban J connectivity index is 2.34. The number of aromatic nitrogens is 4. The van der Waals surface area contributed by atoms with Crippen molar-refractivity contribution in [2.24, 2.45) is 5.10 Å². The van der Waals surface area contributed by atoms with Gasteiger partial charge in [-0.05, 0) is 6.92 Å². The average molecular weight is 236 g/mol. The number of nitrogens with zero attached hydrogens (tertiary/aromatic N) is 3. The largest absolute Gasteiger partial charge is 0.477 e. The molecular formula is C8H8N6O3. The fourth-order valence-electron chi connectivity index (χ4n) is 1.08. The summed E-state index contributed by atoms with van der Waals surface area (Å²) in [5, 5.41) is 18.6. The van der Waals surface area contributed by atoms with Crippen LogP contribution in [-0.4, -0.2) is 37.0 Å². The van der Waals surface area contributed by atoms with Crippen LogP contribution in [-0.2, 0) is 4.79 Å². The van der Waals surface area contributed by atoms with E-state index in [0.717, 1.165) is 0 Å². The van der Waals surface area contributed by atoms with Gasteiger partial charge >= 0.3 is 5.97 Å². The van der Waals surface area contributed by atoms with Gasteiger partial charge in [0, 0.05) is 0 Å². The highest BCUT2D eigenvalue weighted by molar-refractivity contribution is 6.34. The third-order valence-corrected chi connectivity index (χ3v) is 1.96. The van der Waals surface area contributed by atoms with Gasteiger partial charge in [0.1, 0.15) is 11.1 Å². The van der Waals surface area contributed by atoms with Gasteiger partial charge in [-0.25, -0.2) is 10.2 Å². The van der Waals surface area contributed by atoms with Gasteiger partial charge in [0.2, 0.25) is 5.95 Å². The maximum atomic E-state index is 11.5. The number of fused-ring (bicyclic) bond motifs is 1. The normalized spacial score (nSPS) is 11.7. The molecule has 2 aromatic rings. The van der Waals surface area contributed by atoms with Crippen LogP contribution >= 0.6 is 0 Å². The molecule has 2 heterocycles. The lowest BCUT2D eigenvalue weighted by atomic mass is 10.4. The highest BCUT2D eigenvalue weighted by Crippen LogP contribution is 2.03. The summed E-state index contributed by atoms with van der Waals surface area (Å²) in [6, 6.07) is 0. The van der Waals surface area contributed by atoms with Gasteiger partial charge in [-0.1, -0.05) is 0 Å². The predicted molar refractivity (Wildman–Crippen MR) is 58.9 cm³/mol. The number of carboxylic acid groups (broad SMARTS) is 1. The maximum Gasteiger partial charge on any atom is 0.351 e. The first-order chi connectivity index (χ1) is 8.08. The van der Waals surface area contributed by atoms with Gasteiger partial charge in [0.25, 0.3) is 5.56 Å². The second-order valence-electron chi connectivity index (χ2n) is 3.16. The molecule has 0 aliphatic carbocycles. The first kappa shape index (κ1) is 10.8. The van der Waals surface area contributed by atoms with Gasteiger partial charge in [0.15, 0.2) is 5.65 Å². The van der Waals surface area contributed by atoms with Crippen LogP contribution in [0.15, 0.2) is 16.1 Å². The summed E-state index contributed by atoms with van der Waals surface area (Å²) in [6.45, 7) is 1.31. The van der Waals surface area contributed by atoms with E-state index < -0.39 is 11.5 Å². The molecule has 0 spiro atoms. The molecule has 17 heavy (non-hydrogen) atoms. The van der Waals surface area contributed by atoms with Crippen molar-refractivity contribution in [3.63, 3.8) is 0 Å². The smallest absolute Gasteiger partial charge is 0.351 e. The summed E-state index contributed by atoms with van der Waals surface area (Å²) in [5.74, 6) is -1.13. The summed E-state index contributed by atoms with van der Waals surface area (Å²) in [5.41, 5.74) is 2.08. The van der Waals surface area contributed by atoms with Gasteiger partial charge in [-0.3, -0.25) is 14.9 Å². The Morgan fingerprint density at radius 1 is 1.59 bits per heavy atom. The van der Waals surface area contributed by atoms with Crippen molar-refractivity contribution >= 4 is 28.7 Å². The minimum Gasteiger partial charge on any atom is -0.477 e. The Bertz CT molecular complexity index is 655. The van der Waals surface area contributed by atoms with E-state index in [1.807, 2.05) is 0 Å². The van der Waals surface area contributed by atoms with Crippen molar-refractivity contribution in [1.82, 2.24) is 20.2 Å². The Labute approximate surface area is 93.6 Å². The molecule has 0 fully saturated rings. The van der Waals surface area contributed by atoms with Gasteiger partial charge in [0.05, 0.1) is 6.20 Å². The SMILES string of the molecule is C/C(=N\Nc1nc2[nH]ncc2c(=O)[nH]1)C(=O)O. The highest BCUT2D eigenvalue weighted by atomic mass is 16.4. The Kier molecular flexibility index (Phi) is 2.57. The molecule has 0 atom stereocenters. The molecule has 9 heteroatoms. The van der Waals surface area contributed by atoms with Crippen molar-refractivity contribution < 1.29 is 9.90 Å². The number of carbonyl (C=O) groups is 1. The molecule has 0 radical (unpaired) electrons. The van der Waals surface area contributed by atoms with Crippen LogP contribution in [0.4, 0.5) is 5.95 Å². The van der Waals surface area contributed by atoms with Crippen LogP contribution in [0.5, 0.6) is 0 Å². The lowest BCUT2D eigenvalue weighted by molar-refractivity contribution is -0.129. The van der Waals surface area contributed by atoms with Gasteiger partial charge in [-0.15, -0.1) is 0 Å². The molecule has 0 amide bonds. The standard InChI is InChI=1S/C8H8N6O3/c1-3(7(16)17)12-14-8-10-5-4(2-9-13-5)6(15)11-8/h2H,1H3,(H,16,17)(H3,9,10,11,13,14,15)/b12-3+. The number of nitrogens with one attached hydrogen (secondary N) is 3. The average Bonchev–Trinajstić information content (AvgIpc) is 2.74. The molecule has 2 aromatic heterocycles. The quantitative estimate of drug-likeness (QED) is 0.419. The number of aliphatic carboxylic acids is 1. The lowest BCUT2D eigenvalue weighted by Gasteiger charge is -1.99. The summed E-state index contributed by atoms with van der Waals surface area (Å²) in [6.07, 6.45) is 1.34. The zero-order valence-electron chi connectivity index (χ0n) is 8.68. The summed E-state index contributed by atoms with van der Waals surface area (Å²) in [7, 11) is 0. The number of rotatable bonds is 3. The van der Waals surface area contributed by atoms with E-state index in [4.69, 9.17) is 5.11 Å². The van der Waals surface area contributed by atoms with Crippen LogP contribution in [0.2, 0.25) is 0 Å². The number of anilines is 1. The van der Waals surface area contributed by atoms with E-state index in [0.29, 0.717) is 11.0 Å². The topological polar surface area (TPSA) is 136 Å². The summed E-state index contributed by atoms with van der Waals surface area (Å²) < 4.78 is 0. The van der Waals surface area contributed by atoms with E-state index in [1.165, 1.54) is 13.1 Å². The number of hydrazone groups is 1. The lowest BCUT2D eigenvalue weighted by Crippen LogP contribution is -2.14. The number of H-pyrrole nitrogens is 2. The van der Waals surface area contributed by atoms with Gasteiger partial charge < -0.3 is 5.11 Å². The first-order valence-electron chi connectivity index (χ1n) is 4.55. The first-order valence-corrected chi connectivity index (χ1v) is 4.55. The van der Waals surface area contributed by atoms with E-state index in [1.54, 1.807) is 0 Å². The third kappa shape index (κ3) is 2.12. The molecule has 0 unspecified atom stereocenters. The monoisotopic (exact) mass is 236 g/mol. The zero-order valence-corrected chi connectivity index (χ0v) is 8.68.